The van der Waals surface area contributed by atoms with Crippen LogP contribution < -0.4 is 5.73 Å². The molecule has 2 aromatic rings. The summed E-state index contributed by atoms with van der Waals surface area (Å²) in [4.78, 5) is 8.30. The molecule has 2 aromatic heterocycles. The van der Waals surface area contributed by atoms with E-state index in [1.54, 1.807) is 11.4 Å². The number of rotatable bonds is 4. The van der Waals surface area contributed by atoms with Crippen molar-refractivity contribution in [2.75, 3.05) is 18.9 Å². The highest BCUT2D eigenvalue weighted by molar-refractivity contribution is 5.66. The minimum Gasteiger partial charge on any atom is -0.394 e. The summed E-state index contributed by atoms with van der Waals surface area (Å²) in [7, 11) is 0. The average molecular weight is 361 g/mol. The van der Waals surface area contributed by atoms with E-state index in [0.717, 1.165) is 0 Å². The molecule has 26 heavy (non-hydrogen) atoms. The molecule has 2 aliphatic heterocycles. The second-order valence-corrected chi connectivity index (χ2v) is 7.19. The van der Waals surface area contributed by atoms with E-state index in [1.165, 1.54) is 0 Å². The Balaban J connectivity index is 1.92. The molecule has 2 saturated heterocycles. The van der Waals surface area contributed by atoms with Crippen molar-refractivity contribution < 1.29 is 19.3 Å². The van der Waals surface area contributed by atoms with Crippen LogP contribution in [-0.4, -0.2) is 63.7 Å². The standard InChI is InChI=1S/C17H23N5O4/c1-9-20-15(18)10-5-6-12(22(10)21-9)17(8-19-4)14-13(11(7-23)24-17)25-16(2,3)26-14/h5-6,11,13-14,23H,4,7-8H2,1-3H3,(H2,18,20,21)/t11-,13-,14-,17+/m1/s1. The maximum Gasteiger partial charge on any atom is 0.164 e. The Bertz CT molecular complexity index is 866. The van der Waals surface area contributed by atoms with E-state index < -0.39 is 29.7 Å². The number of fused-ring (bicyclic) bond motifs is 2. The highest BCUT2D eigenvalue weighted by Crippen LogP contribution is 2.49. The predicted molar refractivity (Wildman–Crippen MR) is 94.0 cm³/mol. The predicted octanol–water partition coefficient (Wildman–Crippen LogP) is 0.427. The molecule has 4 atom stereocenters. The topological polar surface area (TPSA) is 116 Å². The summed E-state index contributed by atoms with van der Waals surface area (Å²) in [6, 6.07) is 3.71. The summed E-state index contributed by atoms with van der Waals surface area (Å²) >= 11 is 0. The van der Waals surface area contributed by atoms with Gasteiger partial charge < -0.3 is 25.1 Å². The number of hydrogen-bond donors (Lipinski definition) is 2. The first-order valence-electron chi connectivity index (χ1n) is 8.50. The minimum atomic E-state index is -1.01. The van der Waals surface area contributed by atoms with Crippen molar-refractivity contribution in [2.45, 2.75) is 50.5 Å². The van der Waals surface area contributed by atoms with Gasteiger partial charge in [-0.05, 0) is 39.6 Å². The van der Waals surface area contributed by atoms with Crippen molar-refractivity contribution in [1.29, 1.82) is 0 Å². The van der Waals surface area contributed by atoms with Gasteiger partial charge in [0.1, 0.15) is 29.7 Å². The molecule has 2 aliphatic rings. The van der Waals surface area contributed by atoms with E-state index in [-0.39, 0.29) is 13.2 Å². The number of anilines is 1. The van der Waals surface area contributed by atoms with Gasteiger partial charge in [0, 0.05) is 0 Å². The van der Waals surface area contributed by atoms with Crippen LogP contribution in [0, 0.1) is 6.92 Å². The van der Waals surface area contributed by atoms with E-state index in [1.807, 2.05) is 26.0 Å². The van der Waals surface area contributed by atoms with Crippen LogP contribution in [0.3, 0.4) is 0 Å². The fourth-order valence-electron chi connectivity index (χ4n) is 4.00. The second-order valence-electron chi connectivity index (χ2n) is 7.19. The van der Waals surface area contributed by atoms with Crippen molar-refractivity contribution in [2.24, 2.45) is 4.99 Å². The smallest absolute Gasteiger partial charge is 0.164 e. The van der Waals surface area contributed by atoms with Gasteiger partial charge in [0.05, 0.1) is 18.8 Å². The molecule has 140 valence electrons. The summed E-state index contributed by atoms with van der Waals surface area (Å²) < 4.78 is 20.1. The minimum absolute atomic E-state index is 0.195. The van der Waals surface area contributed by atoms with Gasteiger partial charge in [0.2, 0.25) is 0 Å². The third kappa shape index (κ3) is 2.35. The van der Waals surface area contributed by atoms with Crippen LogP contribution in [0.2, 0.25) is 0 Å². The Morgan fingerprint density at radius 1 is 1.35 bits per heavy atom. The zero-order valence-electron chi connectivity index (χ0n) is 15.0. The number of aryl methyl sites for hydroxylation is 1. The molecule has 0 amide bonds. The Morgan fingerprint density at radius 2 is 2.12 bits per heavy atom. The number of aliphatic hydroxyl groups is 1. The lowest BCUT2D eigenvalue weighted by Gasteiger charge is -2.33. The van der Waals surface area contributed by atoms with Gasteiger partial charge >= 0.3 is 0 Å². The monoisotopic (exact) mass is 361 g/mol. The van der Waals surface area contributed by atoms with Gasteiger partial charge in [-0.15, -0.1) is 0 Å². The first-order valence-corrected chi connectivity index (χ1v) is 8.50. The zero-order chi connectivity index (χ0) is 18.7. The normalized spacial score (nSPS) is 32.8. The van der Waals surface area contributed by atoms with Crippen LogP contribution in [0.25, 0.3) is 5.52 Å². The summed E-state index contributed by atoms with van der Waals surface area (Å²) in [5.41, 5.74) is 6.42. The lowest BCUT2D eigenvalue weighted by atomic mass is 9.91. The number of ether oxygens (including phenoxy) is 3. The van der Waals surface area contributed by atoms with Crippen LogP contribution in [0.15, 0.2) is 17.1 Å². The molecular formula is C17H23N5O4. The Morgan fingerprint density at radius 3 is 2.81 bits per heavy atom. The van der Waals surface area contributed by atoms with E-state index in [4.69, 9.17) is 19.9 Å². The van der Waals surface area contributed by atoms with Crippen molar-refractivity contribution in [3.8, 4) is 0 Å². The highest BCUT2D eigenvalue weighted by Gasteiger charge is 2.64. The molecule has 0 spiro atoms. The Hall–Kier alpha value is -2.07. The number of nitrogens with zero attached hydrogens (tertiary/aromatic N) is 4. The van der Waals surface area contributed by atoms with E-state index >= 15 is 0 Å². The van der Waals surface area contributed by atoms with Crippen molar-refractivity contribution >= 4 is 18.1 Å². The van der Waals surface area contributed by atoms with Crippen LogP contribution in [0.4, 0.5) is 5.82 Å². The Labute approximate surface area is 150 Å². The van der Waals surface area contributed by atoms with Crippen LogP contribution in [0.1, 0.15) is 25.4 Å². The lowest BCUT2D eigenvalue weighted by molar-refractivity contribution is -0.214. The number of aliphatic hydroxyl groups excluding tert-OH is 1. The molecule has 4 heterocycles. The molecule has 0 radical (unpaired) electrons. The number of aliphatic imine (C=N–C) groups is 1. The third-order valence-electron chi connectivity index (χ3n) is 4.92. The maximum absolute atomic E-state index is 9.82. The second kappa shape index (κ2) is 5.71. The van der Waals surface area contributed by atoms with Gasteiger partial charge in [-0.2, -0.15) is 5.10 Å². The number of nitrogen functional groups attached to an aromatic ring is 1. The molecule has 3 N–H and O–H groups in total. The molecule has 2 fully saturated rings. The largest absolute Gasteiger partial charge is 0.394 e. The summed E-state index contributed by atoms with van der Waals surface area (Å²) in [5.74, 6) is 0.115. The molecule has 0 aliphatic carbocycles. The van der Waals surface area contributed by atoms with Gasteiger partial charge in [-0.25, -0.2) is 9.50 Å². The fourth-order valence-corrected chi connectivity index (χ4v) is 4.00. The van der Waals surface area contributed by atoms with Gasteiger partial charge in [-0.3, -0.25) is 4.99 Å². The SMILES string of the molecule is C=NC[C@@]1(c2ccc3c(N)nc(C)nn23)O[C@H](CO)[C@H]2OC(C)(C)O[C@H]21. The van der Waals surface area contributed by atoms with Crippen LogP contribution in [-0.2, 0) is 19.8 Å². The number of hydrogen-bond acceptors (Lipinski definition) is 8. The third-order valence-corrected chi connectivity index (χ3v) is 4.92. The zero-order valence-corrected chi connectivity index (χ0v) is 15.0. The highest BCUT2D eigenvalue weighted by atomic mass is 16.8. The Kier molecular flexibility index (Phi) is 3.81. The first kappa shape index (κ1) is 17.3. The molecule has 0 aromatic carbocycles. The number of aromatic nitrogens is 3. The molecule has 0 saturated carbocycles. The van der Waals surface area contributed by atoms with Crippen molar-refractivity contribution in [3.05, 3.63) is 23.7 Å². The quantitative estimate of drug-likeness (QED) is 0.758. The summed E-state index contributed by atoms with van der Waals surface area (Å²) in [6.45, 7) is 9.11. The van der Waals surface area contributed by atoms with Crippen LogP contribution >= 0.6 is 0 Å². The fraction of sp³-hybridized carbons (Fsp3) is 0.588. The van der Waals surface area contributed by atoms with Gasteiger partial charge in [0.15, 0.2) is 17.2 Å². The molecule has 0 unspecified atom stereocenters. The summed E-state index contributed by atoms with van der Waals surface area (Å²) in [6.07, 6.45) is -1.45. The molecular weight excluding hydrogens is 338 g/mol. The first-order chi connectivity index (χ1) is 12.3. The van der Waals surface area contributed by atoms with E-state index in [9.17, 15) is 5.11 Å². The number of nitrogens with two attached hydrogens (primary N) is 1. The molecule has 9 nitrogen and oxygen atoms in total. The van der Waals surface area contributed by atoms with Gasteiger partial charge in [0.25, 0.3) is 0 Å². The lowest BCUT2D eigenvalue weighted by Crippen LogP contribution is -2.44. The average Bonchev–Trinajstić information content (AvgIpc) is 3.19. The summed E-state index contributed by atoms with van der Waals surface area (Å²) in [5, 5.41) is 14.3. The van der Waals surface area contributed by atoms with Crippen molar-refractivity contribution in [3.63, 3.8) is 0 Å². The molecule has 4 rings (SSSR count). The molecule has 9 heteroatoms. The van der Waals surface area contributed by atoms with Crippen molar-refractivity contribution in [1.82, 2.24) is 14.6 Å². The maximum atomic E-state index is 9.82. The van der Waals surface area contributed by atoms with E-state index in [0.29, 0.717) is 22.9 Å². The van der Waals surface area contributed by atoms with E-state index in [2.05, 4.69) is 21.8 Å². The van der Waals surface area contributed by atoms with Gasteiger partial charge in [-0.1, -0.05) is 0 Å². The molecule has 0 bridgehead atoms. The van der Waals surface area contributed by atoms with Crippen LogP contribution in [0.5, 0.6) is 0 Å².